The SMILES string of the molecule is CC(C)n1cc(-c2cc(CN)c3c(c2)C(O)(C(F)(F)F)C2C=CC=CC32)cn1. The zero-order valence-electron chi connectivity index (χ0n) is 15.6. The van der Waals surface area contributed by atoms with E-state index in [1.54, 1.807) is 35.3 Å². The summed E-state index contributed by atoms with van der Waals surface area (Å²) >= 11 is 0. The van der Waals surface area contributed by atoms with Crippen molar-refractivity contribution in [2.45, 2.75) is 44.1 Å². The van der Waals surface area contributed by atoms with Crippen molar-refractivity contribution in [2.75, 3.05) is 0 Å². The van der Waals surface area contributed by atoms with Gasteiger partial charge in [0.05, 0.1) is 6.20 Å². The zero-order valence-corrected chi connectivity index (χ0v) is 15.6. The molecule has 4 rings (SSSR count). The summed E-state index contributed by atoms with van der Waals surface area (Å²) in [5.74, 6) is -1.66. The summed E-state index contributed by atoms with van der Waals surface area (Å²) in [6.07, 6.45) is 5.02. The van der Waals surface area contributed by atoms with E-state index in [9.17, 15) is 18.3 Å². The van der Waals surface area contributed by atoms with Gasteiger partial charge in [-0.1, -0.05) is 24.3 Å². The molecular formula is C21H22F3N3O. The van der Waals surface area contributed by atoms with Crippen LogP contribution in [0.1, 0.15) is 42.5 Å². The van der Waals surface area contributed by atoms with Gasteiger partial charge < -0.3 is 10.8 Å². The van der Waals surface area contributed by atoms with Crippen LogP contribution in [0.2, 0.25) is 0 Å². The highest BCUT2D eigenvalue weighted by atomic mass is 19.4. The van der Waals surface area contributed by atoms with Gasteiger partial charge in [-0.25, -0.2) is 0 Å². The fraction of sp³-hybridized carbons (Fsp3) is 0.381. The Kier molecular flexibility index (Phi) is 4.28. The van der Waals surface area contributed by atoms with Crippen LogP contribution in [0.25, 0.3) is 11.1 Å². The topological polar surface area (TPSA) is 64.1 Å². The predicted octanol–water partition coefficient (Wildman–Crippen LogP) is 4.18. The van der Waals surface area contributed by atoms with Crippen LogP contribution in [-0.4, -0.2) is 21.1 Å². The highest BCUT2D eigenvalue weighted by Gasteiger charge is 2.65. The molecule has 0 amide bonds. The van der Waals surface area contributed by atoms with Gasteiger partial charge in [-0.3, -0.25) is 4.68 Å². The third-order valence-electron chi connectivity index (χ3n) is 5.74. The predicted molar refractivity (Wildman–Crippen MR) is 100 cm³/mol. The minimum absolute atomic E-state index is 0.0865. The van der Waals surface area contributed by atoms with Crippen LogP contribution in [0.15, 0.2) is 48.8 Å². The highest BCUT2D eigenvalue weighted by Crippen LogP contribution is 2.59. The number of nitrogens with zero attached hydrogens (tertiary/aromatic N) is 2. The number of hydrogen-bond donors (Lipinski definition) is 2. The molecule has 0 bridgehead atoms. The van der Waals surface area contributed by atoms with Gasteiger partial charge in [-0.2, -0.15) is 18.3 Å². The Morgan fingerprint density at radius 3 is 2.54 bits per heavy atom. The molecule has 0 radical (unpaired) electrons. The Bertz CT molecular complexity index is 974. The molecule has 148 valence electrons. The molecular weight excluding hydrogens is 367 g/mol. The van der Waals surface area contributed by atoms with E-state index in [1.807, 2.05) is 19.9 Å². The van der Waals surface area contributed by atoms with Gasteiger partial charge in [0.15, 0.2) is 5.60 Å². The number of rotatable bonds is 3. The van der Waals surface area contributed by atoms with Gasteiger partial charge >= 0.3 is 6.18 Å². The van der Waals surface area contributed by atoms with Crippen molar-refractivity contribution in [3.63, 3.8) is 0 Å². The van der Waals surface area contributed by atoms with Crippen molar-refractivity contribution >= 4 is 0 Å². The first-order chi connectivity index (χ1) is 13.2. The van der Waals surface area contributed by atoms with Gasteiger partial charge in [0, 0.05) is 36.2 Å². The Hall–Kier alpha value is -2.38. The fourth-order valence-corrected chi connectivity index (χ4v) is 4.33. The van der Waals surface area contributed by atoms with Crippen molar-refractivity contribution < 1.29 is 18.3 Å². The molecule has 0 spiro atoms. The Labute approximate surface area is 161 Å². The molecule has 1 aromatic carbocycles. The van der Waals surface area contributed by atoms with Crippen LogP contribution in [-0.2, 0) is 12.1 Å². The van der Waals surface area contributed by atoms with Crippen molar-refractivity contribution in [1.29, 1.82) is 0 Å². The molecule has 0 aliphatic heterocycles. The summed E-state index contributed by atoms with van der Waals surface area (Å²) < 4.78 is 44.1. The van der Waals surface area contributed by atoms with E-state index < -0.39 is 23.6 Å². The molecule has 1 heterocycles. The summed E-state index contributed by atoms with van der Waals surface area (Å²) in [6, 6.07) is 3.39. The van der Waals surface area contributed by atoms with Crippen LogP contribution < -0.4 is 5.73 Å². The lowest BCUT2D eigenvalue weighted by Crippen LogP contribution is -2.46. The molecule has 2 aliphatic carbocycles. The number of hydrogen-bond acceptors (Lipinski definition) is 3. The monoisotopic (exact) mass is 389 g/mol. The first kappa shape index (κ1) is 19.0. The first-order valence-electron chi connectivity index (χ1n) is 9.24. The molecule has 1 aromatic heterocycles. The van der Waals surface area contributed by atoms with E-state index in [0.717, 1.165) is 0 Å². The summed E-state index contributed by atoms with van der Waals surface area (Å²) in [5, 5.41) is 15.3. The summed E-state index contributed by atoms with van der Waals surface area (Å²) in [7, 11) is 0. The Morgan fingerprint density at radius 2 is 1.93 bits per heavy atom. The Morgan fingerprint density at radius 1 is 1.21 bits per heavy atom. The molecule has 0 fully saturated rings. The van der Waals surface area contributed by atoms with Crippen LogP contribution in [0.3, 0.4) is 0 Å². The number of aromatic nitrogens is 2. The summed E-state index contributed by atoms with van der Waals surface area (Å²) in [6.45, 7) is 4.02. The van der Waals surface area contributed by atoms with E-state index in [0.29, 0.717) is 22.3 Å². The van der Waals surface area contributed by atoms with Crippen LogP contribution in [0.5, 0.6) is 0 Å². The second-order valence-electron chi connectivity index (χ2n) is 7.69. The van der Waals surface area contributed by atoms with E-state index in [-0.39, 0.29) is 18.2 Å². The van der Waals surface area contributed by atoms with Gasteiger partial charge in [0.1, 0.15) is 0 Å². The first-order valence-corrected chi connectivity index (χ1v) is 9.24. The standard InChI is InChI=1S/C21H22F3N3O/c1-12(2)27-11-15(10-26-27)13-7-14(9-25)19-16-5-3-4-6-17(16)20(28,18(19)8-13)21(22,23)24/h3-8,10-12,16-17,28H,9,25H2,1-2H3. The zero-order chi connectivity index (χ0) is 20.3. The smallest absolute Gasteiger partial charge is 0.376 e. The minimum Gasteiger partial charge on any atom is -0.376 e. The van der Waals surface area contributed by atoms with Gasteiger partial charge in [-0.05, 0) is 48.2 Å². The molecule has 28 heavy (non-hydrogen) atoms. The molecule has 4 nitrogen and oxygen atoms in total. The van der Waals surface area contributed by atoms with E-state index in [1.165, 1.54) is 12.1 Å². The lowest BCUT2D eigenvalue weighted by Gasteiger charge is -2.33. The second kappa shape index (κ2) is 6.32. The van der Waals surface area contributed by atoms with Crippen molar-refractivity contribution in [2.24, 2.45) is 11.7 Å². The molecule has 0 saturated heterocycles. The number of fused-ring (bicyclic) bond motifs is 3. The highest BCUT2D eigenvalue weighted by molar-refractivity contribution is 5.68. The molecule has 7 heteroatoms. The maximum Gasteiger partial charge on any atom is 0.422 e. The maximum atomic E-state index is 14.1. The quantitative estimate of drug-likeness (QED) is 0.828. The van der Waals surface area contributed by atoms with E-state index in [2.05, 4.69) is 5.10 Å². The second-order valence-corrected chi connectivity index (χ2v) is 7.69. The van der Waals surface area contributed by atoms with Gasteiger partial charge in [0.25, 0.3) is 0 Å². The number of aliphatic hydroxyl groups is 1. The molecule has 3 atom stereocenters. The summed E-state index contributed by atoms with van der Waals surface area (Å²) in [4.78, 5) is 0. The summed E-state index contributed by atoms with van der Waals surface area (Å²) in [5.41, 5.74) is 5.20. The van der Waals surface area contributed by atoms with Crippen molar-refractivity contribution in [3.05, 3.63) is 65.5 Å². The average Bonchev–Trinajstić information content (AvgIpc) is 3.24. The maximum absolute atomic E-state index is 14.1. The minimum atomic E-state index is -4.82. The Balaban J connectivity index is 1.96. The number of benzene rings is 1. The van der Waals surface area contributed by atoms with E-state index in [4.69, 9.17) is 5.73 Å². The van der Waals surface area contributed by atoms with Gasteiger partial charge in [0.2, 0.25) is 0 Å². The average molecular weight is 389 g/mol. The van der Waals surface area contributed by atoms with Gasteiger partial charge in [-0.15, -0.1) is 0 Å². The van der Waals surface area contributed by atoms with Crippen molar-refractivity contribution in [1.82, 2.24) is 9.78 Å². The largest absolute Gasteiger partial charge is 0.422 e. The number of allylic oxidation sites excluding steroid dienone is 3. The normalized spacial score (nSPS) is 26.0. The van der Waals surface area contributed by atoms with Crippen molar-refractivity contribution in [3.8, 4) is 11.1 Å². The van der Waals surface area contributed by atoms with Crippen LogP contribution in [0.4, 0.5) is 13.2 Å². The third kappa shape index (κ3) is 2.57. The molecule has 3 unspecified atom stereocenters. The van der Waals surface area contributed by atoms with Crippen LogP contribution >= 0.6 is 0 Å². The number of alkyl halides is 3. The molecule has 3 N–H and O–H groups in total. The molecule has 0 saturated carbocycles. The molecule has 2 aliphatic rings. The number of nitrogens with two attached hydrogens (primary N) is 1. The lowest BCUT2D eigenvalue weighted by molar-refractivity contribution is -0.278. The third-order valence-corrected chi connectivity index (χ3v) is 5.74. The molecule has 2 aromatic rings. The lowest BCUT2D eigenvalue weighted by atomic mass is 9.80. The van der Waals surface area contributed by atoms with Crippen LogP contribution in [0, 0.1) is 5.92 Å². The fourth-order valence-electron chi connectivity index (χ4n) is 4.33. The van der Waals surface area contributed by atoms with E-state index >= 15 is 0 Å². The number of halogens is 3.